The first-order valence-corrected chi connectivity index (χ1v) is 6.25. The summed E-state index contributed by atoms with van der Waals surface area (Å²) in [5.41, 5.74) is 2.55. The van der Waals surface area contributed by atoms with Crippen molar-refractivity contribution in [3.63, 3.8) is 0 Å². The van der Waals surface area contributed by atoms with Crippen LogP contribution in [0.4, 0.5) is 0 Å². The second-order valence-electron chi connectivity index (χ2n) is 4.47. The molecule has 0 saturated carbocycles. The lowest BCUT2D eigenvalue weighted by Crippen LogP contribution is -2.10. The molecular weight excluding hydrogens is 244 g/mol. The highest BCUT2D eigenvalue weighted by atomic mass is 16.5. The van der Waals surface area contributed by atoms with E-state index in [1.165, 1.54) is 31.8 Å². The van der Waals surface area contributed by atoms with Crippen molar-refractivity contribution in [2.45, 2.75) is 25.7 Å². The zero-order valence-corrected chi connectivity index (χ0v) is 10.7. The van der Waals surface area contributed by atoms with Gasteiger partial charge in [0, 0.05) is 5.69 Å². The van der Waals surface area contributed by atoms with Crippen LogP contribution in [0.5, 0.6) is 0 Å². The first-order valence-electron chi connectivity index (χ1n) is 6.25. The quantitative estimate of drug-likeness (QED) is 0.760. The summed E-state index contributed by atoms with van der Waals surface area (Å²) >= 11 is 0. The Labute approximate surface area is 110 Å². The van der Waals surface area contributed by atoms with Gasteiger partial charge in [-0.05, 0) is 25.7 Å². The highest BCUT2D eigenvalue weighted by Crippen LogP contribution is 2.21. The Balaban J connectivity index is 1.94. The molecule has 98 valence electrons. The first-order chi connectivity index (χ1) is 9.29. The van der Waals surface area contributed by atoms with Crippen LogP contribution < -0.4 is 0 Å². The van der Waals surface area contributed by atoms with E-state index in [9.17, 15) is 4.79 Å². The summed E-state index contributed by atoms with van der Waals surface area (Å²) in [4.78, 5) is 24.0. The number of methoxy groups -OCH3 is 1. The zero-order valence-electron chi connectivity index (χ0n) is 10.7. The van der Waals surface area contributed by atoms with E-state index in [2.05, 4.69) is 19.7 Å². The summed E-state index contributed by atoms with van der Waals surface area (Å²) in [6, 6.07) is 0. The van der Waals surface area contributed by atoms with E-state index in [4.69, 9.17) is 0 Å². The largest absolute Gasteiger partial charge is 0.464 e. The average molecular weight is 258 g/mol. The number of hydrogen-bond donors (Lipinski definition) is 0. The van der Waals surface area contributed by atoms with Crippen LogP contribution in [0.3, 0.4) is 0 Å². The number of carbonyl (C=O) groups is 1. The molecule has 2 heterocycles. The normalized spacial score (nSPS) is 13.9. The molecule has 0 radical (unpaired) electrons. The van der Waals surface area contributed by atoms with Crippen molar-refractivity contribution in [3.05, 3.63) is 35.8 Å². The van der Waals surface area contributed by atoms with Crippen LogP contribution in [-0.4, -0.2) is 32.6 Å². The maximum atomic E-state index is 11.3. The fraction of sp³-hybridized carbons (Fsp3) is 0.385. The van der Waals surface area contributed by atoms with Crippen LogP contribution in [0.15, 0.2) is 18.7 Å². The van der Waals surface area contributed by atoms with Gasteiger partial charge >= 0.3 is 5.97 Å². The van der Waals surface area contributed by atoms with E-state index in [-0.39, 0.29) is 5.69 Å². The topological polar surface area (TPSA) is 69.9 Å². The van der Waals surface area contributed by atoms with Crippen molar-refractivity contribution in [1.82, 2.24) is 19.5 Å². The number of carbonyl (C=O) groups excluding carboxylic acids is 1. The molecule has 3 rings (SSSR count). The number of imidazole rings is 1. The van der Waals surface area contributed by atoms with Crippen molar-refractivity contribution in [3.8, 4) is 5.82 Å². The molecule has 1 aliphatic carbocycles. The minimum atomic E-state index is -0.480. The van der Waals surface area contributed by atoms with Gasteiger partial charge in [0.15, 0.2) is 11.5 Å². The third-order valence-corrected chi connectivity index (χ3v) is 3.31. The number of fused-ring (bicyclic) bond motifs is 1. The van der Waals surface area contributed by atoms with Gasteiger partial charge in [0.25, 0.3) is 0 Å². The average Bonchev–Trinajstić information content (AvgIpc) is 2.90. The Morgan fingerprint density at radius 1 is 1.21 bits per heavy atom. The van der Waals surface area contributed by atoms with Gasteiger partial charge in [-0.15, -0.1) is 0 Å². The standard InChI is InChI=1S/C13H14N4O2/c1-19-13(18)10-6-15-12(7-14-10)17-8-16-9-4-2-3-5-11(9)17/h6-8H,2-5H2,1H3. The van der Waals surface area contributed by atoms with Crippen molar-refractivity contribution >= 4 is 5.97 Å². The molecule has 6 heteroatoms. The Morgan fingerprint density at radius 3 is 2.79 bits per heavy atom. The molecular formula is C13H14N4O2. The van der Waals surface area contributed by atoms with Gasteiger partial charge in [-0.2, -0.15) is 0 Å². The first kappa shape index (κ1) is 11.8. The van der Waals surface area contributed by atoms with E-state index >= 15 is 0 Å². The summed E-state index contributed by atoms with van der Waals surface area (Å²) in [5, 5.41) is 0. The van der Waals surface area contributed by atoms with E-state index in [0.717, 1.165) is 18.5 Å². The minimum absolute atomic E-state index is 0.209. The van der Waals surface area contributed by atoms with Crippen LogP contribution in [0.1, 0.15) is 34.7 Å². The number of aryl methyl sites for hydroxylation is 1. The summed E-state index contributed by atoms with van der Waals surface area (Å²) < 4.78 is 6.54. The smallest absolute Gasteiger partial charge is 0.358 e. The molecule has 0 spiro atoms. The van der Waals surface area contributed by atoms with Gasteiger partial charge in [-0.3, -0.25) is 4.57 Å². The molecule has 0 N–H and O–H groups in total. The maximum Gasteiger partial charge on any atom is 0.358 e. The van der Waals surface area contributed by atoms with Crippen LogP contribution in [0.2, 0.25) is 0 Å². The van der Waals surface area contributed by atoms with Crippen molar-refractivity contribution in [1.29, 1.82) is 0 Å². The maximum absolute atomic E-state index is 11.3. The monoisotopic (exact) mass is 258 g/mol. The predicted octanol–water partition coefficient (Wildman–Crippen LogP) is 1.33. The lowest BCUT2D eigenvalue weighted by Gasteiger charge is -2.13. The minimum Gasteiger partial charge on any atom is -0.464 e. The fourth-order valence-corrected chi connectivity index (χ4v) is 2.32. The van der Waals surface area contributed by atoms with Crippen LogP contribution in [-0.2, 0) is 17.6 Å². The summed E-state index contributed by atoms with van der Waals surface area (Å²) in [6.45, 7) is 0. The van der Waals surface area contributed by atoms with Gasteiger partial charge < -0.3 is 4.74 Å². The van der Waals surface area contributed by atoms with Crippen LogP contribution >= 0.6 is 0 Å². The van der Waals surface area contributed by atoms with Crippen molar-refractivity contribution in [2.24, 2.45) is 0 Å². The Bertz CT molecular complexity index is 604. The number of rotatable bonds is 2. The van der Waals surface area contributed by atoms with E-state index in [1.54, 1.807) is 12.5 Å². The number of ether oxygens (including phenoxy) is 1. The van der Waals surface area contributed by atoms with Crippen LogP contribution in [0.25, 0.3) is 5.82 Å². The van der Waals surface area contributed by atoms with E-state index < -0.39 is 5.97 Å². The highest BCUT2D eigenvalue weighted by Gasteiger charge is 2.17. The van der Waals surface area contributed by atoms with Gasteiger partial charge in [0.2, 0.25) is 0 Å². The summed E-state index contributed by atoms with van der Waals surface area (Å²) in [5.74, 6) is 0.204. The van der Waals surface area contributed by atoms with E-state index in [0.29, 0.717) is 5.82 Å². The predicted molar refractivity (Wildman–Crippen MR) is 67.1 cm³/mol. The number of esters is 1. The van der Waals surface area contributed by atoms with Gasteiger partial charge in [0.05, 0.1) is 25.2 Å². The SMILES string of the molecule is COC(=O)c1cnc(-n2cnc3c2CCCC3)cn1. The zero-order chi connectivity index (χ0) is 13.2. The molecule has 0 saturated heterocycles. The molecule has 1 aliphatic rings. The lowest BCUT2D eigenvalue weighted by atomic mass is 10.0. The molecule has 0 unspecified atom stereocenters. The second-order valence-corrected chi connectivity index (χ2v) is 4.47. The molecule has 0 atom stereocenters. The molecule has 2 aromatic heterocycles. The molecule has 0 fully saturated rings. The summed E-state index contributed by atoms with van der Waals surface area (Å²) in [7, 11) is 1.32. The lowest BCUT2D eigenvalue weighted by molar-refractivity contribution is 0.0593. The van der Waals surface area contributed by atoms with Gasteiger partial charge in [-0.25, -0.2) is 19.7 Å². The Hall–Kier alpha value is -2.24. The van der Waals surface area contributed by atoms with Crippen molar-refractivity contribution in [2.75, 3.05) is 7.11 Å². The molecule has 2 aromatic rings. The summed E-state index contributed by atoms with van der Waals surface area (Å²) in [6.07, 6.45) is 9.17. The van der Waals surface area contributed by atoms with Gasteiger partial charge in [-0.1, -0.05) is 0 Å². The van der Waals surface area contributed by atoms with E-state index in [1.807, 2.05) is 4.57 Å². The number of hydrogen-bond acceptors (Lipinski definition) is 5. The highest BCUT2D eigenvalue weighted by molar-refractivity contribution is 5.86. The number of aromatic nitrogens is 4. The van der Waals surface area contributed by atoms with Crippen molar-refractivity contribution < 1.29 is 9.53 Å². The second kappa shape index (κ2) is 4.79. The third kappa shape index (κ3) is 2.09. The molecule has 6 nitrogen and oxygen atoms in total. The molecule has 19 heavy (non-hydrogen) atoms. The molecule has 0 aliphatic heterocycles. The fourth-order valence-electron chi connectivity index (χ4n) is 2.32. The third-order valence-electron chi connectivity index (χ3n) is 3.31. The molecule has 0 bridgehead atoms. The molecule has 0 amide bonds. The van der Waals surface area contributed by atoms with Crippen LogP contribution in [0, 0.1) is 0 Å². The Morgan fingerprint density at radius 2 is 2.05 bits per heavy atom. The molecule has 0 aromatic carbocycles. The Kier molecular flexibility index (Phi) is 2.98. The number of nitrogens with zero attached hydrogens (tertiary/aromatic N) is 4. The van der Waals surface area contributed by atoms with Gasteiger partial charge in [0.1, 0.15) is 6.33 Å².